The van der Waals surface area contributed by atoms with Gasteiger partial charge in [0.1, 0.15) is 0 Å². The lowest BCUT2D eigenvalue weighted by atomic mass is 10.1. The summed E-state index contributed by atoms with van der Waals surface area (Å²) >= 11 is 5.14. The van der Waals surface area contributed by atoms with E-state index in [4.69, 9.17) is 12.2 Å². The molecular formula is C14H20N2OS. The third-order valence-corrected chi connectivity index (χ3v) is 2.85. The van der Waals surface area contributed by atoms with Crippen LogP contribution in [-0.2, 0) is 4.79 Å². The van der Waals surface area contributed by atoms with Crippen molar-refractivity contribution < 1.29 is 4.79 Å². The Morgan fingerprint density at radius 1 is 1.22 bits per heavy atom. The summed E-state index contributed by atoms with van der Waals surface area (Å²) in [5, 5.41) is 6.14. The van der Waals surface area contributed by atoms with Crippen molar-refractivity contribution in [2.75, 3.05) is 5.32 Å². The Hall–Kier alpha value is -1.42. The molecule has 0 aliphatic rings. The van der Waals surface area contributed by atoms with Gasteiger partial charge in [-0.05, 0) is 50.5 Å². The third kappa shape index (κ3) is 4.11. The van der Waals surface area contributed by atoms with Crippen LogP contribution in [0.3, 0.4) is 0 Å². The van der Waals surface area contributed by atoms with Crippen molar-refractivity contribution in [2.24, 2.45) is 0 Å². The largest absolute Gasteiger partial charge is 0.332 e. The zero-order chi connectivity index (χ0) is 13.7. The number of anilines is 1. The molecule has 3 nitrogen and oxygen atoms in total. The first-order chi connectivity index (χ1) is 8.43. The summed E-state index contributed by atoms with van der Waals surface area (Å²) in [6.07, 6.45) is 1.31. The molecule has 0 bridgehead atoms. The van der Waals surface area contributed by atoms with Crippen LogP contribution >= 0.6 is 12.2 Å². The molecule has 1 amide bonds. The molecule has 0 saturated heterocycles. The predicted octanol–water partition coefficient (Wildman–Crippen LogP) is 3.22. The average Bonchev–Trinajstić information content (AvgIpc) is 2.23. The molecule has 0 aliphatic carbocycles. The van der Waals surface area contributed by atoms with Crippen molar-refractivity contribution in [1.82, 2.24) is 5.32 Å². The Morgan fingerprint density at radius 2 is 1.78 bits per heavy atom. The van der Waals surface area contributed by atoms with Crippen LogP contribution in [0.25, 0.3) is 0 Å². The highest BCUT2D eigenvalue weighted by atomic mass is 32.1. The summed E-state index contributed by atoms with van der Waals surface area (Å²) in [4.78, 5) is 11.4. The number of nitrogens with one attached hydrogen (secondary N) is 2. The quantitative estimate of drug-likeness (QED) is 0.824. The van der Waals surface area contributed by atoms with Crippen LogP contribution in [0.1, 0.15) is 36.5 Å². The number of aryl methyl sites for hydroxylation is 3. The average molecular weight is 264 g/mol. The lowest BCUT2D eigenvalue weighted by molar-refractivity contribution is -0.119. The van der Waals surface area contributed by atoms with Crippen molar-refractivity contribution >= 4 is 28.9 Å². The molecule has 98 valence electrons. The molecule has 18 heavy (non-hydrogen) atoms. The second kappa shape index (κ2) is 6.50. The molecule has 0 fully saturated rings. The summed E-state index contributed by atoms with van der Waals surface area (Å²) in [7, 11) is 0. The van der Waals surface area contributed by atoms with E-state index in [0.717, 1.165) is 23.2 Å². The molecule has 0 spiro atoms. The molecular weight excluding hydrogens is 244 g/mol. The van der Waals surface area contributed by atoms with Crippen molar-refractivity contribution in [2.45, 2.75) is 40.5 Å². The molecule has 1 rings (SSSR count). The first-order valence-electron chi connectivity index (χ1n) is 6.12. The van der Waals surface area contributed by atoms with Gasteiger partial charge >= 0.3 is 0 Å². The molecule has 0 saturated carbocycles. The number of carbonyl (C=O) groups excluding carboxylic acids is 1. The highest BCUT2D eigenvalue weighted by molar-refractivity contribution is 7.80. The number of rotatable bonds is 3. The summed E-state index contributed by atoms with van der Waals surface area (Å²) in [5.74, 6) is -0.0441. The summed E-state index contributed by atoms with van der Waals surface area (Å²) in [6.45, 7) is 8.08. The van der Waals surface area contributed by atoms with E-state index in [2.05, 4.69) is 29.7 Å². The second-order valence-electron chi connectivity index (χ2n) is 4.53. The van der Waals surface area contributed by atoms with E-state index in [1.807, 2.05) is 20.8 Å². The lowest BCUT2D eigenvalue weighted by Crippen LogP contribution is -2.34. The predicted molar refractivity (Wildman–Crippen MR) is 79.9 cm³/mol. The molecule has 4 heteroatoms. The van der Waals surface area contributed by atoms with Crippen molar-refractivity contribution in [3.05, 3.63) is 28.8 Å². The van der Waals surface area contributed by atoms with E-state index in [0.29, 0.717) is 11.5 Å². The molecule has 0 heterocycles. The Kier molecular flexibility index (Phi) is 5.28. The zero-order valence-electron chi connectivity index (χ0n) is 11.4. The summed E-state index contributed by atoms with van der Waals surface area (Å²) < 4.78 is 0. The van der Waals surface area contributed by atoms with E-state index >= 15 is 0 Å². The molecule has 0 radical (unpaired) electrons. The molecule has 0 aromatic heterocycles. The van der Waals surface area contributed by atoms with Crippen molar-refractivity contribution in [3.8, 4) is 0 Å². The van der Waals surface area contributed by atoms with Crippen LogP contribution in [0.15, 0.2) is 12.1 Å². The van der Waals surface area contributed by atoms with Gasteiger partial charge in [-0.2, -0.15) is 0 Å². The maximum atomic E-state index is 11.4. The molecule has 0 atom stereocenters. The van der Waals surface area contributed by atoms with Crippen LogP contribution in [0.2, 0.25) is 0 Å². The minimum atomic E-state index is -0.0441. The number of hydrogen-bond donors (Lipinski definition) is 2. The van der Waals surface area contributed by atoms with Crippen molar-refractivity contribution in [1.29, 1.82) is 0 Å². The lowest BCUT2D eigenvalue weighted by Gasteiger charge is -2.15. The van der Waals surface area contributed by atoms with Gasteiger partial charge in [0.25, 0.3) is 0 Å². The standard InChI is InChI=1S/C14H20N2OS/c1-5-6-12(17)15-14(18)16-13-10(3)7-9(2)8-11(13)4/h7-8H,5-6H2,1-4H3,(H2,15,16,17,18). The van der Waals surface area contributed by atoms with Crippen LogP contribution < -0.4 is 10.6 Å². The smallest absolute Gasteiger partial charge is 0.226 e. The van der Waals surface area contributed by atoms with E-state index < -0.39 is 0 Å². The van der Waals surface area contributed by atoms with Crippen LogP contribution in [0, 0.1) is 20.8 Å². The maximum absolute atomic E-state index is 11.4. The number of thiocarbonyl (C=S) groups is 1. The fourth-order valence-electron chi connectivity index (χ4n) is 1.94. The molecule has 0 unspecified atom stereocenters. The normalized spacial score (nSPS) is 10.0. The summed E-state index contributed by atoms with van der Waals surface area (Å²) in [6, 6.07) is 4.18. The number of amides is 1. The zero-order valence-corrected chi connectivity index (χ0v) is 12.2. The number of hydrogen-bond acceptors (Lipinski definition) is 2. The van der Waals surface area contributed by atoms with Gasteiger partial charge in [0.15, 0.2) is 5.11 Å². The SMILES string of the molecule is CCCC(=O)NC(=S)Nc1c(C)cc(C)cc1C. The molecule has 1 aromatic rings. The fourth-order valence-corrected chi connectivity index (χ4v) is 2.15. The van der Waals surface area contributed by atoms with Gasteiger partial charge in [-0.3, -0.25) is 4.79 Å². The first kappa shape index (κ1) is 14.6. The Morgan fingerprint density at radius 3 is 2.28 bits per heavy atom. The highest BCUT2D eigenvalue weighted by Gasteiger charge is 2.07. The van der Waals surface area contributed by atoms with Gasteiger partial charge in [-0.15, -0.1) is 0 Å². The van der Waals surface area contributed by atoms with Crippen molar-refractivity contribution in [3.63, 3.8) is 0 Å². The molecule has 2 N–H and O–H groups in total. The van der Waals surface area contributed by atoms with E-state index in [-0.39, 0.29) is 5.91 Å². The second-order valence-corrected chi connectivity index (χ2v) is 4.93. The van der Waals surface area contributed by atoms with Gasteiger partial charge in [-0.25, -0.2) is 0 Å². The topological polar surface area (TPSA) is 41.1 Å². The van der Waals surface area contributed by atoms with E-state index in [1.54, 1.807) is 0 Å². The Balaban J connectivity index is 2.73. The highest BCUT2D eigenvalue weighted by Crippen LogP contribution is 2.21. The minimum Gasteiger partial charge on any atom is -0.332 e. The first-order valence-corrected chi connectivity index (χ1v) is 6.53. The van der Waals surface area contributed by atoms with Crippen LogP contribution in [-0.4, -0.2) is 11.0 Å². The summed E-state index contributed by atoms with van der Waals surface area (Å²) in [5.41, 5.74) is 4.44. The number of benzene rings is 1. The van der Waals surface area contributed by atoms with Crippen LogP contribution in [0.4, 0.5) is 5.69 Å². The minimum absolute atomic E-state index is 0.0441. The molecule has 0 aliphatic heterocycles. The fraction of sp³-hybridized carbons (Fsp3) is 0.429. The monoisotopic (exact) mass is 264 g/mol. The molecule has 1 aromatic carbocycles. The van der Waals surface area contributed by atoms with Gasteiger partial charge in [-0.1, -0.05) is 24.6 Å². The third-order valence-electron chi connectivity index (χ3n) is 2.65. The van der Waals surface area contributed by atoms with Gasteiger partial charge < -0.3 is 10.6 Å². The van der Waals surface area contributed by atoms with E-state index in [1.165, 1.54) is 5.56 Å². The number of carbonyl (C=O) groups is 1. The van der Waals surface area contributed by atoms with Gasteiger partial charge in [0.2, 0.25) is 5.91 Å². The van der Waals surface area contributed by atoms with Crippen LogP contribution in [0.5, 0.6) is 0 Å². The maximum Gasteiger partial charge on any atom is 0.226 e. The van der Waals surface area contributed by atoms with Gasteiger partial charge in [0.05, 0.1) is 0 Å². The Bertz CT molecular complexity index is 446. The van der Waals surface area contributed by atoms with Gasteiger partial charge in [0, 0.05) is 12.1 Å². The van der Waals surface area contributed by atoms with E-state index in [9.17, 15) is 4.79 Å². The Labute approximate surface area is 114 Å².